The van der Waals surface area contributed by atoms with Crippen molar-refractivity contribution in [1.29, 1.82) is 0 Å². The molecule has 0 bridgehead atoms. The van der Waals surface area contributed by atoms with Crippen LogP contribution in [0.4, 0.5) is 4.39 Å². The third-order valence-electron chi connectivity index (χ3n) is 2.22. The zero-order valence-electron chi connectivity index (χ0n) is 7.55. The first-order chi connectivity index (χ1) is 6.72. The van der Waals surface area contributed by atoms with Gasteiger partial charge in [0.1, 0.15) is 12.4 Å². The van der Waals surface area contributed by atoms with Crippen molar-refractivity contribution >= 4 is 5.97 Å². The van der Waals surface area contributed by atoms with Gasteiger partial charge in [-0.05, 0) is 24.1 Å². The summed E-state index contributed by atoms with van der Waals surface area (Å²) in [6, 6.07) is 2.90. The summed E-state index contributed by atoms with van der Waals surface area (Å²) < 4.78 is 18.1. The highest BCUT2D eigenvalue weighted by Gasteiger charge is 2.22. The van der Waals surface area contributed by atoms with E-state index >= 15 is 0 Å². The number of halogens is 1. The van der Waals surface area contributed by atoms with E-state index in [1.54, 1.807) is 12.1 Å². The van der Waals surface area contributed by atoms with Crippen LogP contribution in [0.3, 0.4) is 0 Å². The number of hydrogen-bond donors (Lipinski definition) is 0. The minimum atomic E-state index is -0.441. The van der Waals surface area contributed by atoms with Gasteiger partial charge in [0.15, 0.2) is 0 Å². The second-order valence-electron chi connectivity index (χ2n) is 3.17. The van der Waals surface area contributed by atoms with E-state index in [9.17, 15) is 9.18 Å². The average Bonchev–Trinajstić information content (AvgIpc) is 2.50. The molecule has 0 aromatic heterocycles. The average molecular weight is 192 g/mol. The number of carbonyl (C=O) groups excluding carboxylic acids is 1. The number of benzene rings is 1. The molecule has 1 aromatic carbocycles. The third-order valence-corrected chi connectivity index (χ3v) is 2.22. The van der Waals surface area contributed by atoms with Gasteiger partial charge >= 0.3 is 5.97 Å². The summed E-state index contributed by atoms with van der Waals surface area (Å²) in [5, 5.41) is 0. The molecule has 0 saturated carbocycles. The number of esters is 1. The molecule has 2 rings (SSSR count). The highest BCUT2D eigenvalue weighted by Crippen LogP contribution is 2.23. The van der Waals surface area contributed by atoms with E-state index in [2.05, 4.69) is 6.58 Å². The SMILES string of the molecule is C=CCc1cc2c(cc1F)C(=O)OC2. The largest absolute Gasteiger partial charge is 0.457 e. The van der Waals surface area contributed by atoms with Crippen LogP contribution < -0.4 is 0 Å². The first kappa shape index (κ1) is 8.94. The predicted molar refractivity (Wildman–Crippen MR) is 49.4 cm³/mol. The summed E-state index contributed by atoms with van der Waals surface area (Å²) in [4.78, 5) is 11.1. The lowest BCUT2D eigenvalue weighted by molar-refractivity contribution is 0.0535. The van der Waals surface area contributed by atoms with Crippen LogP contribution in [0.5, 0.6) is 0 Å². The molecule has 1 heterocycles. The van der Waals surface area contributed by atoms with E-state index in [1.807, 2.05) is 0 Å². The van der Waals surface area contributed by atoms with Crippen LogP contribution in [-0.2, 0) is 17.8 Å². The summed E-state index contributed by atoms with van der Waals surface area (Å²) in [7, 11) is 0. The first-order valence-corrected chi connectivity index (χ1v) is 4.31. The maximum Gasteiger partial charge on any atom is 0.338 e. The van der Waals surface area contributed by atoms with Gasteiger partial charge in [0.25, 0.3) is 0 Å². The fourth-order valence-corrected chi connectivity index (χ4v) is 1.51. The van der Waals surface area contributed by atoms with Crippen LogP contribution in [-0.4, -0.2) is 5.97 Å². The summed E-state index contributed by atoms with van der Waals surface area (Å²) in [6.07, 6.45) is 2.09. The molecule has 0 fully saturated rings. The van der Waals surface area contributed by atoms with Crippen LogP contribution in [0.2, 0.25) is 0 Å². The van der Waals surface area contributed by atoms with E-state index < -0.39 is 5.97 Å². The van der Waals surface area contributed by atoms with Crippen LogP contribution in [0.15, 0.2) is 24.8 Å². The Morgan fingerprint density at radius 3 is 3.07 bits per heavy atom. The van der Waals surface area contributed by atoms with Gasteiger partial charge in [-0.2, -0.15) is 0 Å². The molecule has 0 amide bonds. The zero-order valence-corrected chi connectivity index (χ0v) is 7.55. The molecule has 72 valence electrons. The molecule has 0 radical (unpaired) electrons. The maximum absolute atomic E-state index is 13.3. The quantitative estimate of drug-likeness (QED) is 0.530. The van der Waals surface area contributed by atoms with E-state index in [0.29, 0.717) is 17.5 Å². The van der Waals surface area contributed by atoms with Crippen molar-refractivity contribution < 1.29 is 13.9 Å². The Bertz CT molecular complexity index is 410. The van der Waals surface area contributed by atoms with Gasteiger partial charge < -0.3 is 4.74 Å². The van der Waals surface area contributed by atoms with Crippen molar-refractivity contribution in [2.45, 2.75) is 13.0 Å². The number of hydrogen-bond acceptors (Lipinski definition) is 2. The molecule has 0 aliphatic carbocycles. The van der Waals surface area contributed by atoms with Crippen LogP contribution in [0, 0.1) is 5.82 Å². The van der Waals surface area contributed by atoms with Crippen molar-refractivity contribution in [3.8, 4) is 0 Å². The molecule has 0 atom stereocenters. The Hall–Kier alpha value is -1.64. The number of rotatable bonds is 2. The van der Waals surface area contributed by atoms with Crippen molar-refractivity contribution in [3.05, 3.63) is 47.3 Å². The predicted octanol–water partition coefficient (Wildman–Crippen LogP) is 2.22. The van der Waals surface area contributed by atoms with Crippen LogP contribution >= 0.6 is 0 Å². The molecule has 2 nitrogen and oxygen atoms in total. The molecular weight excluding hydrogens is 183 g/mol. The monoisotopic (exact) mass is 192 g/mol. The van der Waals surface area contributed by atoms with Crippen molar-refractivity contribution in [2.24, 2.45) is 0 Å². The fraction of sp³-hybridized carbons (Fsp3) is 0.182. The third kappa shape index (κ3) is 1.31. The normalized spacial score (nSPS) is 13.6. The van der Waals surface area contributed by atoms with Gasteiger partial charge in [-0.1, -0.05) is 6.08 Å². The van der Waals surface area contributed by atoms with E-state index in [-0.39, 0.29) is 12.4 Å². The highest BCUT2D eigenvalue weighted by atomic mass is 19.1. The standard InChI is InChI=1S/C11H9FO2/c1-2-3-7-4-8-6-14-11(13)9(8)5-10(7)12/h2,4-5H,1,3,6H2. The van der Waals surface area contributed by atoms with E-state index in [1.165, 1.54) is 6.07 Å². The van der Waals surface area contributed by atoms with Crippen molar-refractivity contribution in [3.63, 3.8) is 0 Å². The van der Waals surface area contributed by atoms with E-state index in [4.69, 9.17) is 4.74 Å². The zero-order chi connectivity index (χ0) is 10.1. The van der Waals surface area contributed by atoms with Gasteiger partial charge in [0, 0.05) is 5.56 Å². The smallest absolute Gasteiger partial charge is 0.338 e. The Morgan fingerprint density at radius 2 is 2.36 bits per heavy atom. The number of cyclic esters (lactones) is 1. The van der Waals surface area contributed by atoms with Crippen molar-refractivity contribution in [2.75, 3.05) is 0 Å². The Kier molecular flexibility index (Phi) is 2.08. The lowest BCUT2D eigenvalue weighted by atomic mass is 10.0. The van der Waals surface area contributed by atoms with Gasteiger partial charge in [-0.3, -0.25) is 0 Å². The lowest BCUT2D eigenvalue weighted by Gasteiger charge is -2.01. The maximum atomic E-state index is 13.3. The summed E-state index contributed by atoms with van der Waals surface area (Å²) in [6.45, 7) is 3.79. The molecule has 1 aliphatic rings. The van der Waals surface area contributed by atoms with Crippen molar-refractivity contribution in [1.82, 2.24) is 0 Å². The molecule has 3 heteroatoms. The van der Waals surface area contributed by atoms with E-state index in [0.717, 1.165) is 5.56 Å². The fourth-order valence-electron chi connectivity index (χ4n) is 1.51. The number of allylic oxidation sites excluding steroid dienone is 1. The summed E-state index contributed by atoms with van der Waals surface area (Å²) in [5.41, 5.74) is 1.65. The van der Waals surface area contributed by atoms with Gasteiger partial charge in [0.05, 0.1) is 5.56 Å². The van der Waals surface area contributed by atoms with Crippen LogP contribution in [0.1, 0.15) is 21.5 Å². The molecule has 0 N–H and O–H groups in total. The molecule has 1 aliphatic heterocycles. The minimum absolute atomic E-state index is 0.249. The molecule has 0 unspecified atom stereocenters. The molecule has 0 saturated heterocycles. The lowest BCUT2D eigenvalue weighted by Crippen LogP contribution is -1.97. The summed E-state index contributed by atoms with van der Waals surface area (Å²) >= 11 is 0. The summed E-state index contributed by atoms with van der Waals surface area (Å²) in [5.74, 6) is -0.813. The van der Waals surface area contributed by atoms with Gasteiger partial charge in [-0.15, -0.1) is 6.58 Å². The Balaban J connectivity index is 2.49. The minimum Gasteiger partial charge on any atom is -0.457 e. The number of ether oxygens (including phenoxy) is 1. The van der Waals surface area contributed by atoms with Gasteiger partial charge in [0.2, 0.25) is 0 Å². The molecular formula is C11H9FO2. The second-order valence-corrected chi connectivity index (χ2v) is 3.17. The van der Waals surface area contributed by atoms with Crippen LogP contribution in [0.25, 0.3) is 0 Å². The second kappa shape index (κ2) is 3.25. The number of fused-ring (bicyclic) bond motifs is 1. The molecule has 0 spiro atoms. The Labute approximate surface area is 81.0 Å². The number of carbonyl (C=O) groups is 1. The molecule has 1 aromatic rings. The Morgan fingerprint density at radius 1 is 1.57 bits per heavy atom. The molecule has 14 heavy (non-hydrogen) atoms. The topological polar surface area (TPSA) is 26.3 Å². The van der Waals surface area contributed by atoms with Gasteiger partial charge in [-0.25, -0.2) is 9.18 Å². The first-order valence-electron chi connectivity index (χ1n) is 4.31. The highest BCUT2D eigenvalue weighted by molar-refractivity contribution is 5.93.